The van der Waals surface area contributed by atoms with Crippen molar-refractivity contribution in [1.29, 1.82) is 0 Å². The third-order valence-electron chi connectivity index (χ3n) is 4.11. The minimum atomic E-state index is -1.19. The van der Waals surface area contributed by atoms with Crippen molar-refractivity contribution < 1.29 is 14.7 Å². The molecule has 148 valence electrons. The number of aromatic nitrogens is 1. The smallest absolute Gasteiger partial charge is 0.255 e. The first-order valence-corrected chi connectivity index (χ1v) is 9.26. The molecule has 0 radical (unpaired) electrons. The summed E-state index contributed by atoms with van der Waals surface area (Å²) in [5.41, 5.74) is 0.666. The topological polar surface area (TPSA) is 75.5 Å². The molecule has 1 aromatic heterocycles. The van der Waals surface area contributed by atoms with Gasteiger partial charge >= 0.3 is 0 Å². The van der Waals surface area contributed by atoms with Crippen LogP contribution in [0.3, 0.4) is 0 Å². The van der Waals surface area contributed by atoms with Crippen molar-refractivity contribution in [3.05, 3.63) is 66.4 Å². The summed E-state index contributed by atoms with van der Waals surface area (Å²) in [5, 5.41) is 17.4. The molecule has 0 aliphatic carbocycles. The standard InChI is InChI=1S/C22H27N3O3/c1-21(2,3)24-22(4,27)15-28-25-14-13-17-18(11-8-12-19(17)25)23-20(26)16-9-6-5-7-10-16/h5-14,24,27H,15H2,1-4H3,(H,23,26). The maximum atomic E-state index is 12.5. The zero-order valence-corrected chi connectivity index (χ0v) is 16.7. The fourth-order valence-corrected chi connectivity index (χ4v) is 3.19. The average molecular weight is 381 g/mol. The Kier molecular flexibility index (Phi) is 5.45. The molecular formula is C22H27N3O3. The number of hydrogen-bond acceptors (Lipinski definition) is 4. The van der Waals surface area contributed by atoms with Gasteiger partial charge in [0, 0.05) is 22.7 Å². The van der Waals surface area contributed by atoms with Gasteiger partial charge in [-0.1, -0.05) is 24.3 Å². The van der Waals surface area contributed by atoms with Crippen molar-refractivity contribution in [2.24, 2.45) is 0 Å². The highest BCUT2D eigenvalue weighted by atomic mass is 16.7. The van der Waals surface area contributed by atoms with E-state index in [4.69, 9.17) is 4.84 Å². The monoisotopic (exact) mass is 381 g/mol. The minimum Gasteiger partial charge on any atom is -0.409 e. The molecule has 6 heteroatoms. The third-order valence-corrected chi connectivity index (χ3v) is 4.11. The molecule has 0 aliphatic heterocycles. The molecule has 28 heavy (non-hydrogen) atoms. The minimum absolute atomic E-state index is 0.0641. The van der Waals surface area contributed by atoms with E-state index in [-0.39, 0.29) is 18.1 Å². The molecule has 1 unspecified atom stereocenters. The maximum Gasteiger partial charge on any atom is 0.255 e. The van der Waals surface area contributed by atoms with E-state index in [1.807, 2.05) is 63.2 Å². The van der Waals surface area contributed by atoms with Crippen LogP contribution in [0.2, 0.25) is 0 Å². The van der Waals surface area contributed by atoms with Crippen LogP contribution < -0.4 is 15.5 Å². The molecule has 0 bridgehead atoms. The van der Waals surface area contributed by atoms with Crippen LogP contribution in [0.4, 0.5) is 5.69 Å². The Morgan fingerprint density at radius 3 is 2.43 bits per heavy atom. The van der Waals surface area contributed by atoms with Crippen molar-refractivity contribution >= 4 is 22.5 Å². The summed E-state index contributed by atoms with van der Waals surface area (Å²) in [7, 11) is 0. The van der Waals surface area contributed by atoms with Gasteiger partial charge in [0.2, 0.25) is 0 Å². The number of carbonyl (C=O) groups is 1. The molecule has 1 amide bonds. The molecule has 0 fully saturated rings. The summed E-state index contributed by atoms with van der Waals surface area (Å²) in [4.78, 5) is 18.3. The number of amides is 1. The van der Waals surface area contributed by atoms with Crippen LogP contribution >= 0.6 is 0 Å². The van der Waals surface area contributed by atoms with Crippen LogP contribution in [0, 0.1) is 0 Å². The molecule has 0 saturated carbocycles. The van der Waals surface area contributed by atoms with Crippen LogP contribution in [0.15, 0.2) is 60.8 Å². The van der Waals surface area contributed by atoms with Gasteiger partial charge in [0.05, 0.1) is 11.2 Å². The Balaban J connectivity index is 1.77. The van der Waals surface area contributed by atoms with Crippen molar-refractivity contribution in [3.63, 3.8) is 0 Å². The fraction of sp³-hybridized carbons (Fsp3) is 0.318. The van der Waals surface area contributed by atoms with E-state index >= 15 is 0 Å². The molecule has 3 aromatic rings. The lowest BCUT2D eigenvalue weighted by atomic mass is 10.1. The second-order valence-electron chi connectivity index (χ2n) is 8.12. The number of nitrogens with zero attached hydrogens (tertiary/aromatic N) is 1. The third kappa shape index (κ3) is 4.91. The summed E-state index contributed by atoms with van der Waals surface area (Å²) >= 11 is 0. The van der Waals surface area contributed by atoms with Crippen LogP contribution in [0.25, 0.3) is 10.9 Å². The lowest BCUT2D eigenvalue weighted by molar-refractivity contribution is -0.0710. The SMILES string of the molecule is CC(C)(C)NC(C)(O)COn1ccc2c(NC(=O)c3ccccc3)cccc21. The fourth-order valence-electron chi connectivity index (χ4n) is 3.19. The molecule has 3 rings (SSSR count). The maximum absolute atomic E-state index is 12.5. The van der Waals surface area contributed by atoms with Crippen molar-refractivity contribution in [1.82, 2.24) is 10.0 Å². The summed E-state index contributed by atoms with van der Waals surface area (Å²) < 4.78 is 1.60. The number of rotatable bonds is 6. The van der Waals surface area contributed by atoms with E-state index in [0.29, 0.717) is 11.3 Å². The molecule has 0 aliphatic rings. The van der Waals surface area contributed by atoms with E-state index in [1.54, 1.807) is 30.0 Å². The molecule has 3 N–H and O–H groups in total. The predicted molar refractivity (Wildman–Crippen MR) is 111 cm³/mol. The van der Waals surface area contributed by atoms with Gasteiger partial charge < -0.3 is 15.3 Å². The van der Waals surface area contributed by atoms with Gasteiger partial charge in [-0.3, -0.25) is 10.1 Å². The number of fused-ring (bicyclic) bond motifs is 1. The number of nitrogens with one attached hydrogen (secondary N) is 2. The normalized spacial score (nSPS) is 13.9. The van der Waals surface area contributed by atoms with Gasteiger partial charge in [-0.2, -0.15) is 4.73 Å². The van der Waals surface area contributed by atoms with Gasteiger partial charge in [0.15, 0.2) is 12.3 Å². The lowest BCUT2D eigenvalue weighted by Crippen LogP contribution is -2.56. The molecule has 0 saturated heterocycles. The zero-order valence-electron chi connectivity index (χ0n) is 16.7. The van der Waals surface area contributed by atoms with Gasteiger partial charge in [-0.15, -0.1) is 0 Å². The van der Waals surface area contributed by atoms with E-state index < -0.39 is 5.72 Å². The zero-order chi connectivity index (χ0) is 20.4. The van der Waals surface area contributed by atoms with Crippen molar-refractivity contribution in [3.8, 4) is 0 Å². The highest BCUT2D eigenvalue weighted by molar-refractivity contribution is 6.08. The molecular weight excluding hydrogens is 354 g/mol. The molecule has 6 nitrogen and oxygen atoms in total. The Morgan fingerprint density at radius 2 is 1.75 bits per heavy atom. The van der Waals surface area contributed by atoms with Gasteiger partial charge in [-0.05, 0) is 58.0 Å². The Bertz CT molecular complexity index is 956. The van der Waals surface area contributed by atoms with Gasteiger partial charge in [0.1, 0.15) is 0 Å². The quantitative estimate of drug-likeness (QED) is 0.572. The second-order valence-corrected chi connectivity index (χ2v) is 8.12. The summed E-state index contributed by atoms with van der Waals surface area (Å²) in [6, 6.07) is 16.6. The highest BCUT2D eigenvalue weighted by Gasteiger charge is 2.27. The number of aliphatic hydroxyl groups is 1. The number of benzene rings is 2. The molecule has 1 atom stereocenters. The Labute approximate surface area is 165 Å². The van der Waals surface area contributed by atoms with E-state index in [0.717, 1.165) is 10.9 Å². The number of carbonyl (C=O) groups excluding carboxylic acids is 1. The first-order valence-electron chi connectivity index (χ1n) is 9.26. The highest BCUT2D eigenvalue weighted by Crippen LogP contribution is 2.25. The van der Waals surface area contributed by atoms with Crippen LogP contribution in [0.5, 0.6) is 0 Å². The molecule has 2 aromatic carbocycles. The summed E-state index contributed by atoms with van der Waals surface area (Å²) in [5.74, 6) is -0.168. The first-order chi connectivity index (χ1) is 13.1. The van der Waals surface area contributed by atoms with Gasteiger partial charge in [-0.25, -0.2) is 0 Å². The number of hydrogen-bond donors (Lipinski definition) is 3. The second kappa shape index (κ2) is 7.66. The summed E-state index contributed by atoms with van der Waals surface area (Å²) in [6.45, 7) is 7.68. The Morgan fingerprint density at radius 1 is 1.04 bits per heavy atom. The average Bonchev–Trinajstić information content (AvgIpc) is 3.03. The number of anilines is 1. The van der Waals surface area contributed by atoms with E-state index in [2.05, 4.69) is 10.6 Å². The summed E-state index contributed by atoms with van der Waals surface area (Å²) in [6.07, 6.45) is 1.77. The molecule has 0 spiro atoms. The Hall–Kier alpha value is -2.83. The molecule has 1 heterocycles. The van der Waals surface area contributed by atoms with Crippen molar-refractivity contribution in [2.45, 2.75) is 39.0 Å². The predicted octanol–water partition coefficient (Wildman–Crippen LogP) is 3.42. The first kappa shape index (κ1) is 19.9. The van der Waals surface area contributed by atoms with Crippen molar-refractivity contribution in [2.75, 3.05) is 11.9 Å². The van der Waals surface area contributed by atoms with E-state index in [9.17, 15) is 9.90 Å². The van der Waals surface area contributed by atoms with Crippen LogP contribution in [-0.4, -0.2) is 33.6 Å². The van der Waals surface area contributed by atoms with Crippen LogP contribution in [-0.2, 0) is 0 Å². The lowest BCUT2D eigenvalue weighted by Gasteiger charge is -2.33. The van der Waals surface area contributed by atoms with E-state index in [1.165, 1.54) is 0 Å². The largest absolute Gasteiger partial charge is 0.409 e. The van der Waals surface area contributed by atoms with Gasteiger partial charge in [0.25, 0.3) is 5.91 Å². The van der Waals surface area contributed by atoms with Crippen LogP contribution in [0.1, 0.15) is 38.1 Å².